The number of methoxy groups -OCH3 is 1. The lowest BCUT2D eigenvalue weighted by Crippen LogP contribution is -2.29. The fourth-order valence-corrected chi connectivity index (χ4v) is 2.27. The Morgan fingerprint density at radius 2 is 1.79 bits per heavy atom. The lowest BCUT2D eigenvalue weighted by molar-refractivity contribution is -0.139. The van der Waals surface area contributed by atoms with E-state index in [-0.39, 0.29) is 11.4 Å². The molecule has 3 heteroatoms. The van der Waals surface area contributed by atoms with Crippen molar-refractivity contribution >= 4 is 5.97 Å². The number of hydrogen-bond donors (Lipinski definition) is 0. The molecule has 0 fully saturated rings. The van der Waals surface area contributed by atoms with Crippen molar-refractivity contribution in [1.29, 1.82) is 0 Å². The van der Waals surface area contributed by atoms with Gasteiger partial charge in [-0.15, -0.1) is 0 Å². The van der Waals surface area contributed by atoms with Crippen LogP contribution >= 0.6 is 0 Å². The number of carbonyl (C=O) groups excluding carboxylic acids is 1. The average molecular weight is 263 g/mol. The van der Waals surface area contributed by atoms with Gasteiger partial charge in [0.1, 0.15) is 0 Å². The van der Waals surface area contributed by atoms with E-state index in [4.69, 9.17) is 4.74 Å². The van der Waals surface area contributed by atoms with E-state index >= 15 is 0 Å². The van der Waals surface area contributed by atoms with Gasteiger partial charge in [-0.1, -0.05) is 45.0 Å². The van der Waals surface area contributed by atoms with E-state index in [1.54, 1.807) is 0 Å². The van der Waals surface area contributed by atoms with Gasteiger partial charge in [0.15, 0.2) is 0 Å². The average Bonchev–Trinajstić information content (AvgIpc) is 2.29. The van der Waals surface area contributed by atoms with Crippen LogP contribution < -0.4 is 0 Å². The zero-order valence-corrected chi connectivity index (χ0v) is 12.7. The highest BCUT2D eigenvalue weighted by molar-refractivity contribution is 5.72. The summed E-state index contributed by atoms with van der Waals surface area (Å²) in [5, 5.41) is 0. The van der Waals surface area contributed by atoms with Crippen LogP contribution in [-0.4, -0.2) is 31.6 Å². The van der Waals surface area contributed by atoms with Crippen LogP contribution in [0.4, 0.5) is 0 Å². The molecule has 0 aliphatic carbocycles. The molecule has 0 spiro atoms. The second kappa shape index (κ2) is 6.71. The quantitative estimate of drug-likeness (QED) is 0.765. The molecule has 0 amide bonds. The number of ether oxygens (including phenoxy) is 1. The van der Waals surface area contributed by atoms with Gasteiger partial charge in [-0.05, 0) is 23.6 Å². The maximum Gasteiger partial charge on any atom is 0.309 e. The van der Waals surface area contributed by atoms with Crippen LogP contribution in [0.1, 0.15) is 31.9 Å². The summed E-state index contributed by atoms with van der Waals surface area (Å²) in [4.78, 5) is 13.7. The minimum absolute atomic E-state index is 0.189. The highest BCUT2D eigenvalue weighted by Crippen LogP contribution is 2.18. The molecule has 0 aromatic heterocycles. The molecule has 0 N–H and O–H groups in total. The first-order valence-electron chi connectivity index (χ1n) is 6.64. The van der Waals surface area contributed by atoms with Gasteiger partial charge >= 0.3 is 5.97 Å². The van der Waals surface area contributed by atoms with E-state index in [0.717, 1.165) is 18.7 Å². The maximum atomic E-state index is 11.4. The van der Waals surface area contributed by atoms with Gasteiger partial charge in [0.25, 0.3) is 0 Å². The van der Waals surface area contributed by atoms with Crippen molar-refractivity contribution in [1.82, 2.24) is 4.90 Å². The predicted octanol–water partition coefficient (Wildman–Crippen LogP) is 2.88. The smallest absolute Gasteiger partial charge is 0.309 e. The van der Waals surface area contributed by atoms with Crippen molar-refractivity contribution in [2.45, 2.75) is 33.7 Å². The first-order valence-corrected chi connectivity index (χ1v) is 6.64. The van der Waals surface area contributed by atoms with Crippen LogP contribution in [0, 0.1) is 5.41 Å². The summed E-state index contributed by atoms with van der Waals surface area (Å²) in [6.45, 7) is 8.54. The molecule has 0 atom stereocenters. The van der Waals surface area contributed by atoms with Crippen LogP contribution in [0.15, 0.2) is 24.3 Å². The fourth-order valence-electron chi connectivity index (χ4n) is 2.27. The van der Waals surface area contributed by atoms with Crippen LogP contribution in [0.25, 0.3) is 0 Å². The van der Waals surface area contributed by atoms with Gasteiger partial charge in [0, 0.05) is 13.1 Å². The third kappa shape index (κ3) is 5.88. The Bertz CT molecular complexity index is 421. The summed E-state index contributed by atoms with van der Waals surface area (Å²) in [7, 11) is 3.54. The van der Waals surface area contributed by atoms with E-state index in [1.807, 2.05) is 18.2 Å². The molecule has 0 unspecified atom stereocenters. The number of benzene rings is 1. The van der Waals surface area contributed by atoms with Gasteiger partial charge in [0.05, 0.1) is 13.5 Å². The van der Waals surface area contributed by atoms with E-state index in [0.29, 0.717) is 6.42 Å². The first kappa shape index (κ1) is 15.7. The summed E-state index contributed by atoms with van der Waals surface area (Å²) in [5.74, 6) is -0.189. The van der Waals surface area contributed by atoms with E-state index in [2.05, 4.69) is 38.8 Å². The Morgan fingerprint density at radius 3 is 2.32 bits per heavy atom. The van der Waals surface area contributed by atoms with Crippen molar-refractivity contribution in [2.24, 2.45) is 5.41 Å². The first-order chi connectivity index (χ1) is 8.81. The Kier molecular flexibility index (Phi) is 5.55. The van der Waals surface area contributed by atoms with Crippen molar-refractivity contribution in [2.75, 3.05) is 20.7 Å². The minimum atomic E-state index is -0.189. The third-order valence-electron chi connectivity index (χ3n) is 2.87. The molecule has 19 heavy (non-hydrogen) atoms. The number of hydrogen-bond acceptors (Lipinski definition) is 3. The minimum Gasteiger partial charge on any atom is -0.469 e. The highest BCUT2D eigenvalue weighted by atomic mass is 16.5. The number of carbonyl (C=O) groups is 1. The van der Waals surface area contributed by atoms with Gasteiger partial charge in [0.2, 0.25) is 0 Å². The monoisotopic (exact) mass is 263 g/mol. The Morgan fingerprint density at radius 1 is 1.21 bits per heavy atom. The molecule has 0 saturated heterocycles. The van der Waals surface area contributed by atoms with Crippen LogP contribution in [-0.2, 0) is 22.5 Å². The highest BCUT2D eigenvalue weighted by Gasteiger charge is 2.15. The Balaban J connectivity index is 2.75. The topological polar surface area (TPSA) is 29.5 Å². The lowest BCUT2D eigenvalue weighted by Gasteiger charge is -2.27. The molecule has 0 bridgehead atoms. The number of nitrogens with zero attached hydrogens (tertiary/aromatic N) is 1. The Hall–Kier alpha value is -1.35. The van der Waals surface area contributed by atoms with Gasteiger partial charge < -0.3 is 9.64 Å². The molecule has 0 aliphatic rings. The SMILES string of the molecule is COC(=O)Cc1ccccc1CN(C)CC(C)(C)C. The van der Waals surface area contributed by atoms with E-state index in [1.165, 1.54) is 12.7 Å². The summed E-state index contributed by atoms with van der Waals surface area (Å²) in [6, 6.07) is 8.06. The molecule has 1 rings (SSSR count). The lowest BCUT2D eigenvalue weighted by atomic mass is 9.95. The standard InChI is InChI=1S/C16H25NO2/c1-16(2,3)12-17(4)11-14-9-7-6-8-13(14)10-15(18)19-5/h6-9H,10-12H2,1-5H3. The third-order valence-corrected chi connectivity index (χ3v) is 2.87. The second-order valence-corrected chi connectivity index (χ2v) is 6.25. The summed E-state index contributed by atoms with van der Waals surface area (Å²) in [5.41, 5.74) is 2.52. The predicted molar refractivity (Wildman–Crippen MR) is 78.0 cm³/mol. The van der Waals surface area contributed by atoms with Gasteiger partial charge in [-0.2, -0.15) is 0 Å². The fraction of sp³-hybridized carbons (Fsp3) is 0.562. The van der Waals surface area contributed by atoms with E-state index < -0.39 is 0 Å². The normalized spacial score (nSPS) is 11.7. The van der Waals surface area contributed by atoms with Crippen molar-refractivity contribution in [3.8, 4) is 0 Å². The number of esters is 1. The molecule has 0 heterocycles. The van der Waals surface area contributed by atoms with Crippen molar-refractivity contribution in [3.63, 3.8) is 0 Å². The largest absolute Gasteiger partial charge is 0.469 e. The van der Waals surface area contributed by atoms with Crippen molar-refractivity contribution < 1.29 is 9.53 Å². The van der Waals surface area contributed by atoms with Crippen LogP contribution in [0.2, 0.25) is 0 Å². The van der Waals surface area contributed by atoms with Crippen LogP contribution in [0.3, 0.4) is 0 Å². The summed E-state index contributed by atoms with van der Waals surface area (Å²) >= 11 is 0. The second-order valence-electron chi connectivity index (χ2n) is 6.25. The van der Waals surface area contributed by atoms with Gasteiger partial charge in [-0.25, -0.2) is 0 Å². The maximum absolute atomic E-state index is 11.4. The molecular formula is C16H25NO2. The zero-order valence-electron chi connectivity index (χ0n) is 12.7. The van der Waals surface area contributed by atoms with Crippen LogP contribution in [0.5, 0.6) is 0 Å². The molecule has 1 aromatic rings. The molecule has 1 aromatic carbocycles. The zero-order chi connectivity index (χ0) is 14.5. The molecule has 0 saturated carbocycles. The van der Waals surface area contributed by atoms with Gasteiger partial charge in [-0.3, -0.25) is 4.79 Å². The molecule has 0 aliphatic heterocycles. The molecule has 0 radical (unpaired) electrons. The van der Waals surface area contributed by atoms with Crippen molar-refractivity contribution in [3.05, 3.63) is 35.4 Å². The molecule has 3 nitrogen and oxygen atoms in total. The molecule has 106 valence electrons. The summed E-state index contributed by atoms with van der Waals surface area (Å²) in [6.07, 6.45) is 0.343. The number of rotatable bonds is 5. The molecular weight excluding hydrogens is 238 g/mol. The summed E-state index contributed by atoms with van der Waals surface area (Å²) < 4.78 is 4.74. The van der Waals surface area contributed by atoms with E-state index in [9.17, 15) is 4.79 Å². The Labute approximate surface area is 116 Å².